The standard InChI is InChI=1S/C15H25N5O/c1-3-16-13-17-14(19-15(18-13)21-4-2)20(9-11-5-6-11)10-12-7-8-12/h11-12H,3-10H2,1-2H3,(H,16,17,18,19). The molecule has 2 aliphatic carbocycles. The molecule has 0 unspecified atom stereocenters. The summed E-state index contributed by atoms with van der Waals surface area (Å²) in [5, 5.41) is 3.17. The molecule has 2 saturated carbocycles. The van der Waals surface area contributed by atoms with Crippen LogP contribution >= 0.6 is 0 Å². The molecule has 0 amide bonds. The van der Waals surface area contributed by atoms with Gasteiger partial charge in [0.15, 0.2) is 0 Å². The van der Waals surface area contributed by atoms with Gasteiger partial charge in [0, 0.05) is 19.6 Å². The van der Waals surface area contributed by atoms with E-state index in [4.69, 9.17) is 4.74 Å². The molecular formula is C15H25N5O. The third-order valence-corrected chi connectivity index (χ3v) is 3.85. The Morgan fingerprint density at radius 2 is 1.71 bits per heavy atom. The average Bonchev–Trinajstić information content (AvgIpc) is 3.34. The summed E-state index contributed by atoms with van der Waals surface area (Å²) in [7, 11) is 0. The van der Waals surface area contributed by atoms with Crippen molar-refractivity contribution in [2.24, 2.45) is 11.8 Å². The second-order valence-corrected chi connectivity index (χ2v) is 6.00. The predicted molar refractivity (Wildman–Crippen MR) is 82.8 cm³/mol. The summed E-state index contributed by atoms with van der Waals surface area (Å²) in [4.78, 5) is 15.7. The van der Waals surface area contributed by atoms with E-state index in [0.717, 1.165) is 37.4 Å². The van der Waals surface area contributed by atoms with Gasteiger partial charge in [-0.25, -0.2) is 0 Å². The normalized spacial score (nSPS) is 17.6. The quantitative estimate of drug-likeness (QED) is 0.753. The van der Waals surface area contributed by atoms with Crippen LogP contribution in [-0.4, -0.2) is 41.2 Å². The van der Waals surface area contributed by atoms with Crippen LogP contribution < -0.4 is 15.0 Å². The lowest BCUT2D eigenvalue weighted by molar-refractivity contribution is 0.312. The van der Waals surface area contributed by atoms with Crippen molar-refractivity contribution < 1.29 is 4.74 Å². The Bertz CT molecular complexity index is 435. The maximum absolute atomic E-state index is 5.50. The maximum Gasteiger partial charge on any atom is 0.323 e. The fraction of sp³-hybridized carbons (Fsp3) is 0.800. The molecule has 1 heterocycles. The van der Waals surface area contributed by atoms with Crippen molar-refractivity contribution in [1.29, 1.82) is 0 Å². The Morgan fingerprint density at radius 3 is 2.24 bits per heavy atom. The molecule has 1 N–H and O–H groups in total. The highest BCUT2D eigenvalue weighted by Gasteiger charge is 2.31. The van der Waals surface area contributed by atoms with Crippen LogP contribution in [0.2, 0.25) is 0 Å². The highest BCUT2D eigenvalue weighted by atomic mass is 16.5. The van der Waals surface area contributed by atoms with E-state index in [1.54, 1.807) is 0 Å². The van der Waals surface area contributed by atoms with Crippen LogP contribution in [0, 0.1) is 11.8 Å². The van der Waals surface area contributed by atoms with Crippen molar-refractivity contribution in [3.63, 3.8) is 0 Å². The van der Waals surface area contributed by atoms with Crippen molar-refractivity contribution >= 4 is 11.9 Å². The monoisotopic (exact) mass is 291 g/mol. The van der Waals surface area contributed by atoms with Gasteiger partial charge in [-0.3, -0.25) is 0 Å². The first-order valence-electron chi connectivity index (χ1n) is 8.16. The molecule has 0 radical (unpaired) electrons. The summed E-state index contributed by atoms with van der Waals surface area (Å²) < 4.78 is 5.50. The van der Waals surface area contributed by atoms with Crippen LogP contribution in [0.4, 0.5) is 11.9 Å². The Labute approximate surface area is 126 Å². The lowest BCUT2D eigenvalue weighted by Gasteiger charge is -2.23. The van der Waals surface area contributed by atoms with E-state index in [1.807, 2.05) is 13.8 Å². The van der Waals surface area contributed by atoms with Crippen LogP contribution in [0.3, 0.4) is 0 Å². The minimum Gasteiger partial charge on any atom is -0.464 e. The van der Waals surface area contributed by atoms with Crippen LogP contribution in [0.1, 0.15) is 39.5 Å². The van der Waals surface area contributed by atoms with Crippen LogP contribution in [0.5, 0.6) is 6.01 Å². The molecule has 6 nitrogen and oxygen atoms in total. The van der Waals surface area contributed by atoms with Crippen LogP contribution in [-0.2, 0) is 0 Å². The fourth-order valence-corrected chi connectivity index (χ4v) is 2.38. The van der Waals surface area contributed by atoms with Gasteiger partial charge < -0.3 is 15.0 Å². The SMILES string of the molecule is CCNc1nc(OCC)nc(N(CC2CC2)CC2CC2)n1. The zero-order valence-corrected chi connectivity index (χ0v) is 13.0. The van der Waals surface area contributed by atoms with E-state index >= 15 is 0 Å². The Balaban J connectivity index is 1.80. The Hall–Kier alpha value is -1.59. The van der Waals surface area contributed by atoms with Gasteiger partial charge in [0.25, 0.3) is 0 Å². The van der Waals surface area contributed by atoms with Gasteiger partial charge in [-0.2, -0.15) is 15.0 Å². The molecule has 2 fully saturated rings. The van der Waals surface area contributed by atoms with Gasteiger partial charge in [0.05, 0.1) is 6.61 Å². The van der Waals surface area contributed by atoms with Crippen molar-refractivity contribution in [3.8, 4) is 6.01 Å². The Kier molecular flexibility index (Phi) is 4.41. The van der Waals surface area contributed by atoms with E-state index in [2.05, 4.69) is 25.2 Å². The Morgan fingerprint density at radius 1 is 1.05 bits per heavy atom. The zero-order chi connectivity index (χ0) is 14.7. The summed E-state index contributed by atoms with van der Waals surface area (Å²) in [5.41, 5.74) is 0. The third-order valence-electron chi connectivity index (χ3n) is 3.85. The van der Waals surface area contributed by atoms with Gasteiger partial charge in [0.2, 0.25) is 11.9 Å². The second-order valence-electron chi connectivity index (χ2n) is 6.00. The number of rotatable bonds is 9. The number of hydrogen-bond donors (Lipinski definition) is 1. The van der Waals surface area contributed by atoms with Crippen molar-refractivity contribution in [3.05, 3.63) is 0 Å². The molecule has 2 aliphatic rings. The van der Waals surface area contributed by atoms with Gasteiger partial charge in [-0.1, -0.05) is 0 Å². The van der Waals surface area contributed by atoms with Gasteiger partial charge in [0.1, 0.15) is 0 Å². The first-order valence-corrected chi connectivity index (χ1v) is 8.16. The number of nitrogens with one attached hydrogen (secondary N) is 1. The smallest absolute Gasteiger partial charge is 0.323 e. The molecule has 1 aromatic heterocycles. The molecule has 6 heteroatoms. The molecule has 0 aromatic carbocycles. The summed E-state index contributed by atoms with van der Waals surface area (Å²) >= 11 is 0. The van der Waals surface area contributed by atoms with E-state index in [0.29, 0.717) is 18.6 Å². The van der Waals surface area contributed by atoms with Crippen molar-refractivity contribution in [1.82, 2.24) is 15.0 Å². The molecule has 3 rings (SSSR count). The minimum atomic E-state index is 0.426. The second kappa shape index (κ2) is 6.45. The highest BCUT2D eigenvalue weighted by molar-refractivity contribution is 5.39. The summed E-state index contributed by atoms with van der Waals surface area (Å²) in [6.45, 7) is 7.48. The molecule has 21 heavy (non-hydrogen) atoms. The van der Waals surface area contributed by atoms with Crippen LogP contribution in [0.15, 0.2) is 0 Å². The molecule has 0 saturated heterocycles. The first-order chi connectivity index (χ1) is 10.3. The predicted octanol–water partition coefficient (Wildman–Crippen LogP) is 2.33. The van der Waals surface area contributed by atoms with E-state index < -0.39 is 0 Å². The molecule has 0 atom stereocenters. The van der Waals surface area contributed by atoms with E-state index in [-0.39, 0.29) is 0 Å². The van der Waals surface area contributed by atoms with Gasteiger partial charge in [-0.05, 0) is 51.4 Å². The molecule has 0 bridgehead atoms. The van der Waals surface area contributed by atoms with Crippen molar-refractivity contribution in [2.75, 3.05) is 36.5 Å². The fourth-order valence-electron chi connectivity index (χ4n) is 2.38. The largest absolute Gasteiger partial charge is 0.464 e. The molecule has 1 aromatic rings. The number of anilines is 2. The number of ether oxygens (including phenoxy) is 1. The topological polar surface area (TPSA) is 63.2 Å². The van der Waals surface area contributed by atoms with Crippen molar-refractivity contribution in [2.45, 2.75) is 39.5 Å². The van der Waals surface area contributed by atoms with E-state index in [1.165, 1.54) is 25.7 Å². The third kappa shape index (κ3) is 4.19. The summed E-state index contributed by atoms with van der Waals surface area (Å²) in [6, 6.07) is 0.426. The molecule has 0 spiro atoms. The highest BCUT2D eigenvalue weighted by Crippen LogP contribution is 2.35. The lowest BCUT2D eigenvalue weighted by Crippen LogP contribution is -2.30. The van der Waals surface area contributed by atoms with Crippen LogP contribution in [0.25, 0.3) is 0 Å². The van der Waals surface area contributed by atoms with E-state index in [9.17, 15) is 0 Å². The molecule has 0 aliphatic heterocycles. The summed E-state index contributed by atoms with van der Waals surface area (Å²) in [6.07, 6.45) is 5.35. The average molecular weight is 291 g/mol. The van der Waals surface area contributed by atoms with Gasteiger partial charge >= 0.3 is 6.01 Å². The first kappa shape index (κ1) is 14.4. The zero-order valence-electron chi connectivity index (χ0n) is 13.0. The summed E-state index contributed by atoms with van der Waals surface area (Å²) in [5.74, 6) is 3.02. The maximum atomic E-state index is 5.50. The molecular weight excluding hydrogens is 266 g/mol. The number of nitrogens with zero attached hydrogens (tertiary/aromatic N) is 4. The minimum absolute atomic E-state index is 0.426. The van der Waals surface area contributed by atoms with Gasteiger partial charge in [-0.15, -0.1) is 0 Å². The lowest BCUT2D eigenvalue weighted by atomic mass is 10.3. The number of hydrogen-bond acceptors (Lipinski definition) is 6. The molecule has 116 valence electrons. The number of aromatic nitrogens is 3.